The number of rotatable bonds is 5. The average molecular weight is 392 g/mol. The number of benzene rings is 2. The van der Waals surface area contributed by atoms with E-state index in [2.05, 4.69) is 21.0 Å². The zero-order valence-electron chi connectivity index (χ0n) is 15.5. The molecule has 0 saturated carbocycles. The van der Waals surface area contributed by atoms with Crippen LogP contribution in [-0.4, -0.2) is 35.6 Å². The molecule has 2 N–H and O–H groups in total. The lowest BCUT2D eigenvalue weighted by molar-refractivity contribution is 0.0597. The van der Waals surface area contributed by atoms with Crippen LogP contribution in [0.15, 0.2) is 42.6 Å². The van der Waals surface area contributed by atoms with Gasteiger partial charge in [-0.3, -0.25) is 9.78 Å². The summed E-state index contributed by atoms with van der Waals surface area (Å²) in [7, 11) is 1.17. The summed E-state index contributed by atoms with van der Waals surface area (Å²) >= 11 is 0. The van der Waals surface area contributed by atoms with Gasteiger partial charge >= 0.3 is 5.97 Å². The van der Waals surface area contributed by atoms with E-state index in [4.69, 9.17) is 6.42 Å². The maximum atomic E-state index is 13.1. The van der Waals surface area contributed by atoms with Gasteiger partial charge in [0.1, 0.15) is 16.9 Å². The highest BCUT2D eigenvalue weighted by Crippen LogP contribution is 2.32. The zero-order chi connectivity index (χ0) is 21.0. The van der Waals surface area contributed by atoms with Gasteiger partial charge in [0.25, 0.3) is 5.91 Å². The molecule has 3 aromatic rings. The Morgan fingerprint density at radius 3 is 2.59 bits per heavy atom. The Bertz CT molecular complexity index is 1130. The van der Waals surface area contributed by atoms with Crippen molar-refractivity contribution >= 4 is 22.8 Å². The van der Waals surface area contributed by atoms with Crippen LogP contribution in [0.4, 0.5) is 4.39 Å². The molecule has 1 aromatic heterocycles. The smallest absolute Gasteiger partial charge is 0.341 e. The van der Waals surface area contributed by atoms with E-state index in [0.29, 0.717) is 11.8 Å². The Hall–Kier alpha value is -3.92. The van der Waals surface area contributed by atoms with Gasteiger partial charge in [-0.1, -0.05) is 18.1 Å². The molecule has 3 rings (SSSR count). The lowest BCUT2D eigenvalue weighted by Crippen LogP contribution is -2.24. The molecule has 0 aliphatic carbocycles. The molecule has 2 aromatic carbocycles. The van der Waals surface area contributed by atoms with Crippen LogP contribution in [0.1, 0.15) is 31.8 Å². The number of phenols is 1. The molecular formula is C22H17FN2O4. The van der Waals surface area contributed by atoms with Crippen LogP contribution in [0, 0.1) is 18.2 Å². The number of aromatic nitrogens is 1. The quantitative estimate of drug-likeness (QED) is 0.515. The van der Waals surface area contributed by atoms with Crippen molar-refractivity contribution in [3.8, 4) is 18.1 Å². The van der Waals surface area contributed by atoms with Crippen molar-refractivity contribution in [1.82, 2.24) is 10.3 Å². The van der Waals surface area contributed by atoms with Crippen molar-refractivity contribution in [2.75, 3.05) is 13.7 Å². The van der Waals surface area contributed by atoms with Gasteiger partial charge < -0.3 is 15.2 Å². The van der Waals surface area contributed by atoms with Crippen molar-refractivity contribution in [2.24, 2.45) is 0 Å². The minimum Gasteiger partial charge on any atom is -0.505 e. The molecule has 0 unspecified atom stereocenters. The number of phenolic OH excluding ortho intramolecular Hbond substituents is 1. The molecule has 0 aliphatic heterocycles. The SMILES string of the molecule is C#CCNC(=O)c1cc(C(=O)OC)c(O)c2ncc(Cc3ccc(F)cc3)cc12. The number of hydrogen-bond donors (Lipinski definition) is 2. The number of terminal acetylenes is 1. The number of hydrogen-bond acceptors (Lipinski definition) is 5. The van der Waals surface area contributed by atoms with Gasteiger partial charge in [-0.05, 0) is 41.8 Å². The van der Waals surface area contributed by atoms with E-state index in [0.717, 1.165) is 11.1 Å². The maximum absolute atomic E-state index is 13.1. The number of esters is 1. The van der Waals surface area contributed by atoms with E-state index in [1.165, 1.54) is 31.5 Å². The minimum atomic E-state index is -0.799. The van der Waals surface area contributed by atoms with Crippen LogP contribution < -0.4 is 5.32 Å². The Balaban J connectivity index is 2.13. The lowest BCUT2D eigenvalue weighted by Gasteiger charge is -2.12. The molecule has 0 aliphatic rings. The number of fused-ring (bicyclic) bond motifs is 1. The number of nitrogens with zero attached hydrogens (tertiary/aromatic N) is 1. The number of methoxy groups -OCH3 is 1. The highest BCUT2D eigenvalue weighted by atomic mass is 19.1. The number of pyridine rings is 1. The Morgan fingerprint density at radius 2 is 1.93 bits per heavy atom. The number of amides is 1. The summed E-state index contributed by atoms with van der Waals surface area (Å²) in [5, 5.41) is 13.4. The van der Waals surface area contributed by atoms with Crippen LogP contribution >= 0.6 is 0 Å². The van der Waals surface area contributed by atoms with E-state index < -0.39 is 11.9 Å². The molecule has 6 nitrogen and oxygen atoms in total. The van der Waals surface area contributed by atoms with Crippen molar-refractivity contribution in [3.05, 3.63) is 70.7 Å². The van der Waals surface area contributed by atoms with Gasteiger partial charge in [0.05, 0.1) is 13.7 Å². The summed E-state index contributed by atoms with van der Waals surface area (Å²) in [6, 6.07) is 8.96. The lowest BCUT2D eigenvalue weighted by atomic mass is 9.98. The van der Waals surface area contributed by atoms with Gasteiger partial charge in [-0.15, -0.1) is 6.42 Å². The number of carbonyl (C=O) groups excluding carboxylic acids is 2. The Morgan fingerprint density at radius 1 is 1.21 bits per heavy atom. The molecule has 7 heteroatoms. The number of halogens is 1. The third-order valence-corrected chi connectivity index (χ3v) is 4.33. The fraction of sp³-hybridized carbons (Fsp3) is 0.136. The summed E-state index contributed by atoms with van der Waals surface area (Å²) in [5.41, 5.74) is 1.62. The Kier molecular flexibility index (Phi) is 5.74. The molecule has 1 heterocycles. The monoisotopic (exact) mass is 392 g/mol. The molecular weight excluding hydrogens is 375 g/mol. The molecule has 0 radical (unpaired) electrons. The molecule has 1 amide bonds. The van der Waals surface area contributed by atoms with Gasteiger partial charge in [0, 0.05) is 17.1 Å². The third kappa shape index (κ3) is 4.17. The van der Waals surface area contributed by atoms with Crippen LogP contribution in [0.3, 0.4) is 0 Å². The zero-order valence-corrected chi connectivity index (χ0v) is 15.5. The van der Waals surface area contributed by atoms with Crippen molar-refractivity contribution in [2.45, 2.75) is 6.42 Å². The van der Waals surface area contributed by atoms with Crippen LogP contribution in [0.2, 0.25) is 0 Å². The third-order valence-electron chi connectivity index (χ3n) is 4.33. The van der Waals surface area contributed by atoms with Gasteiger partial charge in [-0.25, -0.2) is 9.18 Å². The standard InChI is InChI=1S/C22H17FN2O4/c1-3-8-24-21(27)17-11-18(22(28)29-2)20(26)19-16(17)10-14(12-25-19)9-13-4-6-15(23)7-5-13/h1,4-7,10-12,26H,8-9H2,2H3,(H,24,27). The number of aromatic hydroxyl groups is 1. The second kappa shape index (κ2) is 8.40. The Labute approximate surface area is 166 Å². The van der Waals surface area contributed by atoms with E-state index >= 15 is 0 Å². The summed E-state index contributed by atoms with van der Waals surface area (Å²) in [6.07, 6.45) is 7.16. The normalized spacial score (nSPS) is 10.4. The molecule has 146 valence electrons. The molecule has 0 atom stereocenters. The van der Waals surface area contributed by atoms with Crippen molar-refractivity contribution in [1.29, 1.82) is 0 Å². The topological polar surface area (TPSA) is 88.5 Å². The second-order valence-corrected chi connectivity index (χ2v) is 6.24. The maximum Gasteiger partial charge on any atom is 0.341 e. The first kappa shape index (κ1) is 19.8. The highest BCUT2D eigenvalue weighted by Gasteiger charge is 2.22. The van der Waals surface area contributed by atoms with Crippen LogP contribution in [0.5, 0.6) is 5.75 Å². The highest BCUT2D eigenvalue weighted by molar-refractivity contribution is 6.11. The molecule has 0 bridgehead atoms. The summed E-state index contributed by atoms with van der Waals surface area (Å²) < 4.78 is 17.8. The van der Waals surface area contributed by atoms with Crippen molar-refractivity contribution in [3.63, 3.8) is 0 Å². The van der Waals surface area contributed by atoms with Gasteiger partial charge in [0.15, 0.2) is 5.75 Å². The van der Waals surface area contributed by atoms with E-state index in [-0.39, 0.29) is 34.8 Å². The molecule has 29 heavy (non-hydrogen) atoms. The predicted octanol–water partition coefficient (Wildman–Crippen LogP) is 2.82. The first-order valence-electron chi connectivity index (χ1n) is 8.63. The van der Waals surface area contributed by atoms with Gasteiger partial charge in [0.2, 0.25) is 0 Å². The van der Waals surface area contributed by atoms with Crippen LogP contribution in [-0.2, 0) is 11.2 Å². The van der Waals surface area contributed by atoms with E-state index in [1.54, 1.807) is 18.2 Å². The van der Waals surface area contributed by atoms with Crippen LogP contribution in [0.25, 0.3) is 10.9 Å². The number of nitrogens with one attached hydrogen (secondary N) is 1. The summed E-state index contributed by atoms with van der Waals surface area (Å²) in [5.74, 6) is 0.276. The first-order chi connectivity index (χ1) is 13.9. The fourth-order valence-corrected chi connectivity index (χ4v) is 2.93. The van der Waals surface area contributed by atoms with E-state index in [1.807, 2.05) is 0 Å². The minimum absolute atomic E-state index is 0.00252. The summed E-state index contributed by atoms with van der Waals surface area (Å²) in [4.78, 5) is 28.8. The molecule has 0 fully saturated rings. The number of carbonyl (C=O) groups is 2. The van der Waals surface area contributed by atoms with E-state index in [9.17, 15) is 19.1 Å². The average Bonchev–Trinajstić information content (AvgIpc) is 2.73. The summed E-state index contributed by atoms with van der Waals surface area (Å²) in [6.45, 7) is -0.00252. The molecule has 0 saturated heterocycles. The predicted molar refractivity (Wildman–Crippen MR) is 105 cm³/mol. The largest absolute Gasteiger partial charge is 0.505 e. The number of ether oxygens (including phenoxy) is 1. The first-order valence-corrected chi connectivity index (χ1v) is 8.63. The van der Waals surface area contributed by atoms with Crippen molar-refractivity contribution < 1.29 is 23.8 Å². The second-order valence-electron chi connectivity index (χ2n) is 6.24. The fourth-order valence-electron chi connectivity index (χ4n) is 2.93. The molecule has 0 spiro atoms. The van der Waals surface area contributed by atoms with Gasteiger partial charge in [-0.2, -0.15) is 0 Å².